The maximum absolute atomic E-state index is 13.3. The van der Waals surface area contributed by atoms with Gasteiger partial charge < -0.3 is 4.98 Å². The summed E-state index contributed by atoms with van der Waals surface area (Å²) in [6.07, 6.45) is 2.02. The Balaban J connectivity index is 2.36. The summed E-state index contributed by atoms with van der Waals surface area (Å²) in [7, 11) is 0. The molecule has 0 bridgehead atoms. The lowest BCUT2D eigenvalue weighted by molar-refractivity contribution is 0.629. The number of nitrogens with one attached hydrogen (secondary N) is 1. The van der Waals surface area contributed by atoms with E-state index in [1.165, 1.54) is 12.1 Å². The molecule has 1 aromatic heterocycles. The molecule has 2 aromatic carbocycles. The van der Waals surface area contributed by atoms with Crippen molar-refractivity contribution in [2.75, 3.05) is 6.26 Å². The molecule has 3 aromatic rings. The maximum atomic E-state index is 13.3. The fourth-order valence-corrected chi connectivity index (χ4v) is 3.03. The van der Waals surface area contributed by atoms with Gasteiger partial charge in [0.25, 0.3) is 0 Å². The lowest BCUT2D eigenvalue weighted by Crippen LogP contribution is -1.95. The van der Waals surface area contributed by atoms with Gasteiger partial charge in [-0.1, -0.05) is 12.1 Å². The Bertz CT molecular complexity index is 805. The first-order chi connectivity index (χ1) is 9.20. The van der Waals surface area contributed by atoms with Crippen LogP contribution in [-0.2, 0) is 0 Å². The number of hydrogen-bond donors (Lipinski definition) is 1. The van der Waals surface area contributed by atoms with Gasteiger partial charge in [0.1, 0.15) is 5.82 Å². The van der Waals surface area contributed by atoms with Crippen LogP contribution in [0.3, 0.4) is 0 Å². The lowest BCUT2D eigenvalue weighted by Gasteiger charge is -2.09. The van der Waals surface area contributed by atoms with E-state index in [1.807, 2.05) is 35.1 Å². The van der Waals surface area contributed by atoms with Gasteiger partial charge in [-0.05, 0) is 48.8 Å². The zero-order valence-corrected chi connectivity index (χ0v) is 11.8. The standard InChI is InChI=1S/C14H11FN2S2/c1-19-13-5-3-2-4-12(13)17-11-7-6-9(15)8-10(11)16-14(17)18/h2-8H,1H3,(H,16,18). The van der Waals surface area contributed by atoms with Gasteiger partial charge in [-0.15, -0.1) is 11.8 Å². The average Bonchev–Trinajstić information content (AvgIpc) is 2.73. The molecule has 19 heavy (non-hydrogen) atoms. The van der Waals surface area contributed by atoms with Crippen LogP contribution in [0.5, 0.6) is 0 Å². The van der Waals surface area contributed by atoms with Crippen molar-refractivity contribution in [2.45, 2.75) is 4.90 Å². The van der Waals surface area contributed by atoms with Crippen LogP contribution >= 0.6 is 24.0 Å². The van der Waals surface area contributed by atoms with Crippen LogP contribution in [0.4, 0.5) is 4.39 Å². The Hall–Kier alpha value is -1.59. The molecule has 0 radical (unpaired) electrons. The quantitative estimate of drug-likeness (QED) is 0.552. The Morgan fingerprint density at radius 3 is 2.79 bits per heavy atom. The highest BCUT2D eigenvalue weighted by molar-refractivity contribution is 7.98. The van der Waals surface area contributed by atoms with E-state index >= 15 is 0 Å². The Morgan fingerprint density at radius 2 is 2.00 bits per heavy atom. The number of fused-ring (bicyclic) bond motifs is 1. The van der Waals surface area contributed by atoms with Crippen molar-refractivity contribution in [1.82, 2.24) is 9.55 Å². The van der Waals surface area contributed by atoms with E-state index in [-0.39, 0.29) is 5.82 Å². The van der Waals surface area contributed by atoms with Gasteiger partial charge in [-0.25, -0.2) is 4.39 Å². The summed E-state index contributed by atoms with van der Waals surface area (Å²) in [4.78, 5) is 4.17. The zero-order chi connectivity index (χ0) is 13.4. The van der Waals surface area contributed by atoms with E-state index in [9.17, 15) is 4.39 Å². The molecule has 5 heteroatoms. The summed E-state index contributed by atoms with van der Waals surface area (Å²) < 4.78 is 15.8. The van der Waals surface area contributed by atoms with Gasteiger partial charge in [0.05, 0.1) is 16.7 Å². The summed E-state index contributed by atoms with van der Waals surface area (Å²) in [5.74, 6) is -0.269. The number of halogens is 1. The fraction of sp³-hybridized carbons (Fsp3) is 0.0714. The molecule has 2 nitrogen and oxygen atoms in total. The molecule has 1 heterocycles. The van der Waals surface area contributed by atoms with E-state index in [4.69, 9.17) is 12.2 Å². The molecule has 0 saturated carbocycles. The van der Waals surface area contributed by atoms with Gasteiger partial charge in [-0.3, -0.25) is 4.57 Å². The zero-order valence-electron chi connectivity index (χ0n) is 10.2. The minimum Gasteiger partial charge on any atom is -0.330 e. The highest BCUT2D eigenvalue weighted by Crippen LogP contribution is 2.27. The van der Waals surface area contributed by atoms with Crippen molar-refractivity contribution in [3.05, 3.63) is 53.1 Å². The van der Waals surface area contributed by atoms with E-state index < -0.39 is 0 Å². The molecule has 0 unspecified atom stereocenters. The molecular weight excluding hydrogens is 279 g/mol. The number of imidazole rings is 1. The Morgan fingerprint density at radius 1 is 1.21 bits per heavy atom. The third kappa shape index (κ3) is 2.09. The molecule has 96 valence electrons. The fourth-order valence-electron chi connectivity index (χ4n) is 2.14. The van der Waals surface area contributed by atoms with Crippen molar-refractivity contribution in [1.29, 1.82) is 0 Å². The summed E-state index contributed by atoms with van der Waals surface area (Å²) in [5.41, 5.74) is 2.60. The van der Waals surface area contributed by atoms with Crippen molar-refractivity contribution < 1.29 is 4.39 Å². The van der Waals surface area contributed by atoms with Crippen LogP contribution in [-0.4, -0.2) is 15.8 Å². The number of thioether (sulfide) groups is 1. The second kappa shape index (κ2) is 4.83. The topological polar surface area (TPSA) is 20.7 Å². The first-order valence-corrected chi connectivity index (χ1v) is 7.37. The molecule has 0 aliphatic heterocycles. The highest BCUT2D eigenvalue weighted by Gasteiger charge is 2.10. The number of aromatic amines is 1. The van der Waals surface area contributed by atoms with Crippen LogP contribution in [0.15, 0.2) is 47.4 Å². The molecular formula is C14H11FN2S2. The number of aromatic nitrogens is 2. The minimum atomic E-state index is -0.269. The number of benzene rings is 2. The smallest absolute Gasteiger partial charge is 0.182 e. The minimum absolute atomic E-state index is 0.269. The maximum Gasteiger partial charge on any atom is 0.182 e. The summed E-state index contributed by atoms with van der Waals surface area (Å²) in [5, 5.41) is 0. The molecule has 1 N–H and O–H groups in total. The second-order valence-corrected chi connectivity index (χ2v) is 5.33. The Kier molecular flexibility index (Phi) is 3.16. The van der Waals surface area contributed by atoms with Crippen molar-refractivity contribution >= 4 is 35.0 Å². The van der Waals surface area contributed by atoms with Crippen molar-refractivity contribution in [3.8, 4) is 5.69 Å². The first kappa shape index (κ1) is 12.4. The SMILES string of the molecule is CSc1ccccc1-n1c(=S)[nH]c2cc(F)ccc21. The summed E-state index contributed by atoms with van der Waals surface area (Å²) >= 11 is 7.02. The Labute approximate surface area is 119 Å². The molecule has 0 aliphatic rings. The summed E-state index contributed by atoms with van der Waals surface area (Å²) in [6, 6.07) is 12.7. The highest BCUT2D eigenvalue weighted by atomic mass is 32.2. The predicted octanol–water partition coefficient (Wildman–Crippen LogP) is 4.55. The van der Waals surface area contributed by atoms with Gasteiger partial charge in [0, 0.05) is 4.90 Å². The average molecular weight is 290 g/mol. The summed E-state index contributed by atoms with van der Waals surface area (Å²) in [6.45, 7) is 0. The first-order valence-electron chi connectivity index (χ1n) is 5.74. The molecule has 3 rings (SSSR count). The van der Waals surface area contributed by atoms with Gasteiger partial charge in [-0.2, -0.15) is 0 Å². The van der Waals surface area contributed by atoms with Gasteiger partial charge in [0.2, 0.25) is 0 Å². The number of nitrogens with zero attached hydrogens (tertiary/aromatic N) is 1. The molecule has 0 saturated heterocycles. The number of para-hydroxylation sites is 1. The van der Waals surface area contributed by atoms with Gasteiger partial charge in [0.15, 0.2) is 4.77 Å². The second-order valence-electron chi connectivity index (χ2n) is 4.10. The van der Waals surface area contributed by atoms with Crippen molar-refractivity contribution in [2.24, 2.45) is 0 Å². The van der Waals surface area contributed by atoms with Crippen molar-refractivity contribution in [3.63, 3.8) is 0 Å². The van der Waals surface area contributed by atoms with Crippen LogP contribution < -0.4 is 0 Å². The molecule has 0 spiro atoms. The largest absolute Gasteiger partial charge is 0.330 e. The number of H-pyrrole nitrogens is 1. The third-order valence-corrected chi connectivity index (χ3v) is 4.04. The molecule has 0 atom stereocenters. The molecule has 0 amide bonds. The third-order valence-electron chi connectivity index (χ3n) is 2.97. The number of rotatable bonds is 2. The van der Waals surface area contributed by atoms with E-state index in [0.29, 0.717) is 10.3 Å². The van der Waals surface area contributed by atoms with Crippen LogP contribution in [0.25, 0.3) is 16.7 Å². The number of hydrogen-bond acceptors (Lipinski definition) is 2. The monoisotopic (exact) mass is 290 g/mol. The van der Waals surface area contributed by atoms with E-state index in [0.717, 1.165) is 16.1 Å². The van der Waals surface area contributed by atoms with Crippen LogP contribution in [0.2, 0.25) is 0 Å². The predicted molar refractivity (Wildman–Crippen MR) is 80.2 cm³/mol. The van der Waals surface area contributed by atoms with Crippen LogP contribution in [0, 0.1) is 10.6 Å². The van der Waals surface area contributed by atoms with E-state index in [1.54, 1.807) is 17.8 Å². The lowest BCUT2D eigenvalue weighted by atomic mass is 10.2. The normalized spacial score (nSPS) is 11.1. The van der Waals surface area contributed by atoms with Crippen LogP contribution in [0.1, 0.15) is 0 Å². The van der Waals surface area contributed by atoms with E-state index in [2.05, 4.69) is 4.98 Å². The molecule has 0 fully saturated rings. The van der Waals surface area contributed by atoms with Gasteiger partial charge >= 0.3 is 0 Å². The molecule has 0 aliphatic carbocycles.